The van der Waals surface area contributed by atoms with Gasteiger partial charge < -0.3 is 9.84 Å². The molecule has 86 valence electrons. The van der Waals surface area contributed by atoms with E-state index in [1.165, 1.54) is 0 Å². The normalized spacial score (nSPS) is 19.1. The molecule has 0 aliphatic heterocycles. The Bertz CT molecular complexity index is 154. The Morgan fingerprint density at radius 3 is 2.14 bits per heavy atom. The SMILES string of the molecule is CC[C@@H](NC(O)[C@H](C)OC)C(C)(C)C. The molecule has 0 spiro atoms. The largest absolute Gasteiger partial charge is 0.378 e. The lowest BCUT2D eigenvalue weighted by Crippen LogP contribution is -2.49. The van der Waals surface area contributed by atoms with E-state index in [2.05, 4.69) is 33.0 Å². The van der Waals surface area contributed by atoms with Gasteiger partial charge in [0.05, 0.1) is 6.10 Å². The summed E-state index contributed by atoms with van der Waals surface area (Å²) in [4.78, 5) is 0. The molecule has 0 rings (SSSR count). The number of hydrogen-bond acceptors (Lipinski definition) is 3. The van der Waals surface area contributed by atoms with Crippen molar-refractivity contribution in [2.24, 2.45) is 5.41 Å². The maximum Gasteiger partial charge on any atom is 0.131 e. The highest BCUT2D eigenvalue weighted by atomic mass is 16.5. The number of aliphatic hydroxyl groups excluding tert-OH is 1. The van der Waals surface area contributed by atoms with Crippen LogP contribution in [-0.2, 0) is 4.74 Å². The van der Waals surface area contributed by atoms with Crippen LogP contribution in [-0.4, -0.2) is 30.6 Å². The monoisotopic (exact) mass is 203 g/mol. The molecule has 0 saturated heterocycles. The maximum absolute atomic E-state index is 9.75. The van der Waals surface area contributed by atoms with Gasteiger partial charge in [-0.25, -0.2) is 0 Å². The molecule has 0 fully saturated rings. The quantitative estimate of drug-likeness (QED) is 0.669. The molecular weight excluding hydrogens is 178 g/mol. The fourth-order valence-corrected chi connectivity index (χ4v) is 1.45. The number of rotatable bonds is 5. The smallest absolute Gasteiger partial charge is 0.131 e. The van der Waals surface area contributed by atoms with Crippen LogP contribution in [0.4, 0.5) is 0 Å². The summed E-state index contributed by atoms with van der Waals surface area (Å²) >= 11 is 0. The summed E-state index contributed by atoms with van der Waals surface area (Å²) in [6.45, 7) is 10.5. The van der Waals surface area contributed by atoms with Crippen molar-refractivity contribution in [1.82, 2.24) is 5.32 Å². The Balaban J connectivity index is 4.19. The molecule has 0 heterocycles. The molecule has 0 radical (unpaired) electrons. The molecule has 0 aromatic rings. The molecule has 14 heavy (non-hydrogen) atoms. The number of methoxy groups -OCH3 is 1. The molecule has 3 nitrogen and oxygen atoms in total. The predicted molar refractivity (Wildman–Crippen MR) is 59.1 cm³/mol. The molecular formula is C11H25NO2. The maximum atomic E-state index is 9.75. The fraction of sp³-hybridized carbons (Fsp3) is 1.00. The van der Waals surface area contributed by atoms with Gasteiger partial charge in [-0.2, -0.15) is 0 Å². The molecule has 0 aliphatic rings. The zero-order valence-electron chi connectivity index (χ0n) is 10.3. The van der Waals surface area contributed by atoms with Crippen molar-refractivity contribution < 1.29 is 9.84 Å². The summed E-state index contributed by atoms with van der Waals surface area (Å²) in [6, 6.07) is 0.301. The van der Waals surface area contributed by atoms with Crippen molar-refractivity contribution >= 4 is 0 Å². The van der Waals surface area contributed by atoms with E-state index in [-0.39, 0.29) is 11.5 Å². The van der Waals surface area contributed by atoms with E-state index in [0.29, 0.717) is 6.04 Å². The molecule has 0 bridgehead atoms. The van der Waals surface area contributed by atoms with E-state index in [4.69, 9.17) is 4.74 Å². The highest BCUT2D eigenvalue weighted by Gasteiger charge is 2.26. The van der Waals surface area contributed by atoms with Gasteiger partial charge in [-0.3, -0.25) is 5.32 Å². The molecule has 2 N–H and O–H groups in total. The van der Waals surface area contributed by atoms with Crippen LogP contribution in [0.3, 0.4) is 0 Å². The van der Waals surface area contributed by atoms with E-state index in [1.807, 2.05) is 6.92 Å². The zero-order valence-corrected chi connectivity index (χ0v) is 10.3. The summed E-state index contributed by atoms with van der Waals surface area (Å²) < 4.78 is 5.06. The van der Waals surface area contributed by atoms with Gasteiger partial charge in [0, 0.05) is 13.2 Å². The highest BCUT2D eigenvalue weighted by molar-refractivity contribution is 4.81. The minimum Gasteiger partial charge on any atom is -0.378 e. The van der Waals surface area contributed by atoms with Crippen molar-refractivity contribution in [3.8, 4) is 0 Å². The predicted octanol–water partition coefficient (Wildman–Crippen LogP) is 1.75. The highest BCUT2D eigenvalue weighted by Crippen LogP contribution is 2.22. The van der Waals surface area contributed by atoms with Crippen molar-refractivity contribution in [2.45, 2.75) is 59.4 Å². The second-order valence-electron chi connectivity index (χ2n) is 4.88. The number of ether oxygens (including phenoxy) is 1. The number of hydrogen-bond donors (Lipinski definition) is 2. The Morgan fingerprint density at radius 2 is 1.86 bits per heavy atom. The molecule has 0 aliphatic carbocycles. The molecule has 0 saturated carbocycles. The third kappa shape index (κ3) is 4.40. The lowest BCUT2D eigenvalue weighted by molar-refractivity contribution is -0.0321. The molecule has 1 unspecified atom stereocenters. The van der Waals surface area contributed by atoms with Gasteiger partial charge in [-0.05, 0) is 18.8 Å². The Hall–Kier alpha value is -0.120. The van der Waals surface area contributed by atoms with E-state index in [1.54, 1.807) is 7.11 Å². The lowest BCUT2D eigenvalue weighted by atomic mass is 9.85. The summed E-state index contributed by atoms with van der Waals surface area (Å²) in [5.74, 6) is 0. The summed E-state index contributed by atoms with van der Waals surface area (Å²) in [5.41, 5.74) is 0.156. The third-order valence-corrected chi connectivity index (χ3v) is 2.64. The summed E-state index contributed by atoms with van der Waals surface area (Å²) in [5, 5.41) is 12.9. The van der Waals surface area contributed by atoms with E-state index >= 15 is 0 Å². The van der Waals surface area contributed by atoms with E-state index < -0.39 is 6.23 Å². The first-order valence-corrected chi connectivity index (χ1v) is 5.29. The van der Waals surface area contributed by atoms with Crippen molar-refractivity contribution in [3.05, 3.63) is 0 Å². The molecule has 0 aromatic heterocycles. The van der Waals surface area contributed by atoms with Crippen molar-refractivity contribution in [3.63, 3.8) is 0 Å². The van der Waals surface area contributed by atoms with Gasteiger partial charge in [-0.15, -0.1) is 0 Å². The van der Waals surface area contributed by atoms with Crippen LogP contribution in [0.25, 0.3) is 0 Å². The van der Waals surface area contributed by atoms with Crippen LogP contribution >= 0.6 is 0 Å². The van der Waals surface area contributed by atoms with Gasteiger partial charge in [0.15, 0.2) is 0 Å². The van der Waals surface area contributed by atoms with Crippen LogP contribution in [0.2, 0.25) is 0 Å². The number of aliphatic hydroxyl groups is 1. The van der Waals surface area contributed by atoms with Crippen LogP contribution in [0, 0.1) is 5.41 Å². The standard InChI is InChI=1S/C11H25NO2/c1-7-9(11(3,4)5)12-10(13)8(2)14-6/h8-10,12-13H,7H2,1-6H3/t8-,9+,10?/m0/s1. The van der Waals surface area contributed by atoms with Crippen molar-refractivity contribution in [1.29, 1.82) is 0 Å². The minimum atomic E-state index is -0.593. The average molecular weight is 203 g/mol. The minimum absolute atomic E-state index is 0.156. The van der Waals surface area contributed by atoms with E-state index in [0.717, 1.165) is 6.42 Å². The van der Waals surface area contributed by atoms with Gasteiger partial charge in [0.1, 0.15) is 6.23 Å². The van der Waals surface area contributed by atoms with Gasteiger partial charge in [-0.1, -0.05) is 27.7 Å². The Morgan fingerprint density at radius 1 is 1.36 bits per heavy atom. The van der Waals surface area contributed by atoms with Gasteiger partial charge in [0.25, 0.3) is 0 Å². The van der Waals surface area contributed by atoms with Gasteiger partial charge in [0.2, 0.25) is 0 Å². The van der Waals surface area contributed by atoms with Crippen LogP contribution in [0.15, 0.2) is 0 Å². The Kier molecular flexibility index (Phi) is 5.64. The number of nitrogens with one attached hydrogen (secondary N) is 1. The first-order chi connectivity index (χ1) is 6.32. The Labute approximate surface area is 87.8 Å². The lowest BCUT2D eigenvalue weighted by Gasteiger charge is -2.34. The topological polar surface area (TPSA) is 41.5 Å². The van der Waals surface area contributed by atoms with Crippen molar-refractivity contribution in [2.75, 3.05) is 7.11 Å². The first kappa shape index (κ1) is 13.9. The summed E-state index contributed by atoms with van der Waals surface area (Å²) in [6.07, 6.45) is 0.229. The molecule has 3 atom stereocenters. The second kappa shape index (κ2) is 5.69. The van der Waals surface area contributed by atoms with Crippen LogP contribution in [0.1, 0.15) is 41.0 Å². The molecule has 0 amide bonds. The van der Waals surface area contributed by atoms with Crippen LogP contribution < -0.4 is 5.32 Å². The summed E-state index contributed by atoms with van der Waals surface area (Å²) in [7, 11) is 1.60. The third-order valence-electron chi connectivity index (χ3n) is 2.64. The average Bonchev–Trinajstić information content (AvgIpc) is 2.10. The second-order valence-corrected chi connectivity index (χ2v) is 4.88. The van der Waals surface area contributed by atoms with E-state index in [9.17, 15) is 5.11 Å². The zero-order chi connectivity index (χ0) is 11.4. The molecule has 3 heteroatoms. The fourth-order valence-electron chi connectivity index (χ4n) is 1.45. The first-order valence-electron chi connectivity index (χ1n) is 5.29. The van der Waals surface area contributed by atoms with Gasteiger partial charge >= 0.3 is 0 Å². The van der Waals surface area contributed by atoms with Crippen LogP contribution in [0.5, 0.6) is 0 Å². The molecule has 0 aromatic carbocycles.